The second-order valence-corrected chi connectivity index (χ2v) is 6.09. The smallest absolute Gasteiger partial charge is 0.343 e. The average Bonchev–Trinajstić information content (AvgIpc) is 2.63. The fourth-order valence-electron chi connectivity index (χ4n) is 2.68. The Balaban J connectivity index is 2.01. The van der Waals surface area contributed by atoms with Crippen molar-refractivity contribution in [3.05, 3.63) is 76.8 Å². The Hall–Kier alpha value is -2.85. The van der Waals surface area contributed by atoms with E-state index in [2.05, 4.69) is 0 Å². The molecule has 0 saturated carbocycles. The van der Waals surface area contributed by atoms with Crippen molar-refractivity contribution in [2.45, 2.75) is 13.3 Å². The first kappa shape index (κ1) is 18.0. The van der Waals surface area contributed by atoms with Gasteiger partial charge in [-0.1, -0.05) is 54.1 Å². The van der Waals surface area contributed by atoms with Gasteiger partial charge >= 0.3 is 11.9 Å². The molecule has 26 heavy (non-hydrogen) atoms. The first-order chi connectivity index (χ1) is 12.6. The minimum absolute atomic E-state index is 0.0246. The number of carbonyl (C=O) groups is 2. The molecule has 0 heterocycles. The quantitative estimate of drug-likeness (QED) is 0.478. The highest BCUT2D eigenvalue weighted by Crippen LogP contribution is 2.31. The van der Waals surface area contributed by atoms with Gasteiger partial charge in [-0.05, 0) is 30.5 Å². The topological polar surface area (TPSA) is 52.6 Å². The van der Waals surface area contributed by atoms with Gasteiger partial charge in [0.1, 0.15) is 5.75 Å². The Morgan fingerprint density at radius 2 is 1.81 bits per heavy atom. The molecule has 3 rings (SSSR count). The van der Waals surface area contributed by atoms with Crippen LogP contribution in [0.2, 0.25) is 5.02 Å². The van der Waals surface area contributed by atoms with Crippen molar-refractivity contribution >= 4 is 34.3 Å². The lowest BCUT2D eigenvalue weighted by atomic mass is 10.0. The van der Waals surface area contributed by atoms with Gasteiger partial charge in [-0.15, -0.1) is 0 Å². The van der Waals surface area contributed by atoms with Gasteiger partial charge < -0.3 is 9.47 Å². The minimum atomic E-state index is -0.533. The zero-order valence-corrected chi connectivity index (χ0v) is 15.0. The molecule has 0 radical (unpaired) electrons. The molecule has 0 aliphatic rings. The van der Waals surface area contributed by atoms with Crippen LogP contribution in [0.1, 0.15) is 22.8 Å². The van der Waals surface area contributed by atoms with E-state index in [0.29, 0.717) is 28.5 Å². The van der Waals surface area contributed by atoms with Crippen molar-refractivity contribution in [1.29, 1.82) is 0 Å². The van der Waals surface area contributed by atoms with Gasteiger partial charge in [0, 0.05) is 16.0 Å². The van der Waals surface area contributed by atoms with Crippen LogP contribution in [0.5, 0.6) is 5.75 Å². The summed E-state index contributed by atoms with van der Waals surface area (Å²) in [7, 11) is 0. The molecule has 0 unspecified atom stereocenters. The molecule has 0 aliphatic heterocycles. The summed E-state index contributed by atoms with van der Waals surface area (Å²) in [6.07, 6.45) is 0.0246. The van der Waals surface area contributed by atoms with Crippen LogP contribution in [-0.2, 0) is 16.0 Å². The van der Waals surface area contributed by atoms with Crippen molar-refractivity contribution in [3.63, 3.8) is 0 Å². The van der Waals surface area contributed by atoms with Gasteiger partial charge in [0.25, 0.3) is 0 Å². The van der Waals surface area contributed by atoms with Gasteiger partial charge in [-0.25, -0.2) is 4.79 Å². The van der Waals surface area contributed by atoms with Gasteiger partial charge in [0.15, 0.2) is 0 Å². The second kappa shape index (κ2) is 8.02. The molecule has 0 saturated heterocycles. The van der Waals surface area contributed by atoms with Crippen molar-refractivity contribution in [1.82, 2.24) is 0 Å². The summed E-state index contributed by atoms with van der Waals surface area (Å²) in [4.78, 5) is 24.5. The Bertz CT molecular complexity index is 965. The predicted molar refractivity (Wildman–Crippen MR) is 101 cm³/mol. The molecule has 4 nitrogen and oxygen atoms in total. The third-order valence-corrected chi connectivity index (χ3v) is 4.09. The Morgan fingerprint density at radius 1 is 1.00 bits per heavy atom. The number of fused-ring (bicyclic) bond motifs is 1. The van der Waals surface area contributed by atoms with Crippen LogP contribution < -0.4 is 4.74 Å². The number of benzene rings is 3. The molecule has 0 fully saturated rings. The number of ether oxygens (including phenoxy) is 2. The number of hydrogen-bond acceptors (Lipinski definition) is 4. The van der Waals surface area contributed by atoms with E-state index in [4.69, 9.17) is 21.1 Å². The number of carbonyl (C=O) groups excluding carboxylic acids is 2. The molecule has 3 aromatic rings. The van der Waals surface area contributed by atoms with Crippen molar-refractivity contribution in [2.24, 2.45) is 0 Å². The van der Waals surface area contributed by atoms with Crippen LogP contribution in [0.3, 0.4) is 0 Å². The summed E-state index contributed by atoms with van der Waals surface area (Å²) in [5, 5.41) is 2.11. The van der Waals surface area contributed by atoms with Crippen LogP contribution in [-0.4, -0.2) is 18.5 Å². The lowest BCUT2D eigenvalue weighted by molar-refractivity contribution is -0.142. The summed E-state index contributed by atoms with van der Waals surface area (Å²) in [5.74, 6) is -0.544. The summed E-state index contributed by atoms with van der Waals surface area (Å²) < 4.78 is 10.7. The first-order valence-corrected chi connectivity index (χ1v) is 8.60. The van der Waals surface area contributed by atoms with Gasteiger partial charge in [0.2, 0.25) is 0 Å². The molecule has 0 N–H and O–H groups in total. The van der Waals surface area contributed by atoms with E-state index in [0.717, 1.165) is 10.8 Å². The van der Waals surface area contributed by atoms with E-state index < -0.39 is 5.97 Å². The summed E-state index contributed by atoms with van der Waals surface area (Å²) in [5.41, 5.74) is 0.935. The lowest BCUT2D eigenvalue weighted by Crippen LogP contribution is -2.13. The van der Waals surface area contributed by atoms with Crippen molar-refractivity contribution < 1.29 is 19.1 Å². The van der Waals surface area contributed by atoms with Crippen LogP contribution in [0.4, 0.5) is 0 Å². The minimum Gasteiger partial charge on any atom is -0.466 e. The maximum atomic E-state index is 12.6. The van der Waals surface area contributed by atoms with E-state index in [-0.39, 0.29) is 12.4 Å². The highest BCUT2D eigenvalue weighted by Gasteiger charge is 2.17. The summed E-state index contributed by atoms with van der Waals surface area (Å²) >= 11 is 5.95. The van der Waals surface area contributed by atoms with E-state index in [9.17, 15) is 9.59 Å². The van der Waals surface area contributed by atoms with Gasteiger partial charge in [0.05, 0.1) is 18.6 Å². The third-order valence-electron chi connectivity index (χ3n) is 3.86. The highest BCUT2D eigenvalue weighted by molar-refractivity contribution is 6.30. The second-order valence-electron chi connectivity index (χ2n) is 5.66. The van der Waals surface area contributed by atoms with E-state index >= 15 is 0 Å². The van der Waals surface area contributed by atoms with Crippen molar-refractivity contribution in [2.75, 3.05) is 6.61 Å². The summed E-state index contributed by atoms with van der Waals surface area (Å²) in [6, 6.07) is 17.7. The largest absolute Gasteiger partial charge is 0.466 e. The molecule has 5 heteroatoms. The Kier molecular flexibility index (Phi) is 5.54. The Morgan fingerprint density at radius 3 is 2.58 bits per heavy atom. The first-order valence-electron chi connectivity index (χ1n) is 8.22. The van der Waals surface area contributed by atoms with Crippen molar-refractivity contribution in [3.8, 4) is 5.75 Å². The fraction of sp³-hybridized carbons (Fsp3) is 0.143. The Labute approximate surface area is 156 Å². The van der Waals surface area contributed by atoms with E-state index in [1.54, 1.807) is 37.3 Å². The maximum Gasteiger partial charge on any atom is 0.343 e. The lowest BCUT2D eigenvalue weighted by Gasteiger charge is -2.13. The molecular formula is C21H17ClO4. The molecule has 3 aromatic carbocycles. The van der Waals surface area contributed by atoms with Crippen LogP contribution in [0.25, 0.3) is 10.8 Å². The SMILES string of the molecule is CCOC(=O)Cc1ccc2ccccc2c1OC(=O)c1cccc(Cl)c1. The number of esters is 2. The molecular weight excluding hydrogens is 352 g/mol. The zero-order chi connectivity index (χ0) is 18.5. The monoisotopic (exact) mass is 368 g/mol. The van der Waals surface area contributed by atoms with Gasteiger partial charge in [-0.2, -0.15) is 0 Å². The van der Waals surface area contributed by atoms with E-state index in [1.165, 1.54) is 0 Å². The van der Waals surface area contributed by atoms with Gasteiger partial charge in [-0.3, -0.25) is 4.79 Å². The number of hydrogen-bond donors (Lipinski definition) is 0. The van der Waals surface area contributed by atoms with E-state index in [1.807, 2.05) is 30.3 Å². The van der Waals surface area contributed by atoms with Crippen LogP contribution in [0.15, 0.2) is 60.7 Å². The molecule has 0 atom stereocenters. The third kappa shape index (κ3) is 4.03. The number of halogens is 1. The summed E-state index contributed by atoms with van der Waals surface area (Å²) in [6.45, 7) is 2.04. The predicted octanol–water partition coefficient (Wildman–Crippen LogP) is 4.82. The average molecular weight is 369 g/mol. The molecule has 0 amide bonds. The normalized spacial score (nSPS) is 10.5. The molecule has 0 aromatic heterocycles. The zero-order valence-electron chi connectivity index (χ0n) is 14.2. The standard InChI is InChI=1S/C21H17ClO4/c1-2-25-19(23)13-15-11-10-14-6-3-4-9-18(14)20(15)26-21(24)16-7-5-8-17(22)12-16/h3-12H,2,13H2,1H3. The molecule has 0 bridgehead atoms. The highest BCUT2D eigenvalue weighted by atomic mass is 35.5. The van der Waals surface area contributed by atoms with Crippen LogP contribution in [0, 0.1) is 0 Å². The number of rotatable bonds is 5. The molecule has 0 spiro atoms. The van der Waals surface area contributed by atoms with Crippen LogP contribution >= 0.6 is 11.6 Å². The fourth-order valence-corrected chi connectivity index (χ4v) is 2.87. The maximum absolute atomic E-state index is 12.6. The molecule has 132 valence electrons. The molecule has 0 aliphatic carbocycles.